The van der Waals surface area contributed by atoms with Gasteiger partial charge in [0.15, 0.2) is 6.10 Å². The molecule has 0 bridgehead atoms. The Morgan fingerprint density at radius 2 is 0.627 bits per heavy atom. The largest absolute Gasteiger partial charge is 0.462 e. The molecule has 0 aliphatic carbocycles. The van der Waals surface area contributed by atoms with Crippen LogP contribution in [0.3, 0.4) is 0 Å². The topological polar surface area (TPSA) is 72.8 Å². The molecule has 1 atom stereocenters. The number of carbonyl (C=O) groups excluding carboxylic acids is 2. The van der Waals surface area contributed by atoms with E-state index in [2.05, 4.69) is 26.0 Å². The molecule has 0 saturated heterocycles. The van der Waals surface area contributed by atoms with E-state index in [0.29, 0.717) is 12.8 Å². The van der Waals surface area contributed by atoms with Gasteiger partial charge in [-0.3, -0.25) is 9.59 Å². The van der Waals surface area contributed by atoms with Gasteiger partial charge in [-0.25, -0.2) is 0 Å². The smallest absolute Gasteiger partial charge is 0.306 e. The molecule has 0 fully saturated rings. The van der Waals surface area contributed by atoms with Gasteiger partial charge in [0.1, 0.15) is 6.61 Å². The van der Waals surface area contributed by atoms with E-state index in [9.17, 15) is 14.7 Å². The standard InChI is InChI=1S/C54H104O5/c1-3-5-7-9-11-13-15-17-19-21-22-23-24-25-26-27-28-29-30-31-32-33-35-36-38-40-42-44-46-48-53(56)58-51-52(50-55)59-54(57)49-47-45-43-41-39-37-34-20-18-16-14-12-10-8-6-4-2/h20,34,52,55H,3-19,21-33,35-51H2,1-2H3/b34-20-. The van der Waals surface area contributed by atoms with Crippen LogP contribution in [0.15, 0.2) is 12.2 Å². The van der Waals surface area contributed by atoms with Crippen LogP contribution in [0.5, 0.6) is 0 Å². The van der Waals surface area contributed by atoms with E-state index in [1.807, 2.05) is 0 Å². The lowest BCUT2D eigenvalue weighted by atomic mass is 10.0. The molecule has 0 radical (unpaired) electrons. The first-order chi connectivity index (χ1) is 29.1. The number of aliphatic hydroxyl groups is 1. The van der Waals surface area contributed by atoms with Crippen LogP contribution in [0.4, 0.5) is 0 Å². The van der Waals surface area contributed by atoms with Gasteiger partial charge in [0.05, 0.1) is 6.61 Å². The van der Waals surface area contributed by atoms with Crippen LogP contribution < -0.4 is 0 Å². The van der Waals surface area contributed by atoms with E-state index in [-0.39, 0.29) is 25.2 Å². The molecule has 350 valence electrons. The Morgan fingerprint density at radius 3 is 0.915 bits per heavy atom. The van der Waals surface area contributed by atoms with Crippen molar-refractivity contribution in [1.29, 1.82) is 0 Å². The third-order valence-electron chi connectivity index (χ3n) is 12.3. The van der Waals surface area contributed by atoms with Crippen molar-refractivity contribution in [3.05, 3.63) is 12.2 Å². The maximum atomic E-state index is 12.2. The number of hydrogen-bond donors (Lipinski definition) is 1. The van der Waals surface area contributed by atoms with E-state index in [1.165, 1.54) is 238 Å². The van der Waals surface area contributed by atoms with Crippen LogP contribution in [0.25, 0.3) is 0 Å². The fourth-order valence-electron chi connectivity index (χ4n) is 8.26. The number of hydrogen-bond acceptors (Lipinski definition) is 5. The van der Waals surface area contributed by atoms with Gasteiger partial charge < -0.3 is 14.6 Å². The summed E-state index contributed by atoms with van der Waals surface area (Å²) in [6.07, 6.45) is 61.9. The van der Waals surface area contributed by atoms with Crippen molar-refractivity contribution in [2.45, 2.75) is 309 Å². The zero-order valence-corrected chi connectivity index (χ0v) is 40.0. The van der Waals surface area contributed by atoms with Gasteiger partial charge >= 0.3 is 11.9 Å². The average Bonchev–Trinajstić information content (AvgIpc) is 3.24. The number of unbranched alkanes of at least 4 members (excludes halogenated alkanes) is 40. The summed E-state index contributed by atoms with van der Waals surface area (Å²) in [5.74, 6) is -0.582. The van der Waals surface area contributed by atoms with Crippen molar-refractivity contribution >= 4 is 11.9 Å². The number of allylic oxidation sites excluding steroid dienone is 2. The van der Waals surface area contributed by atoms with Crippen LogP contribution in [0.1, 0.15) is 303 Å². The van der Waals surface area contributed by atoms with E-state index >= 15 is 0 Å². The normalized spacial score (nSPS) is 12.1. The molecule has 59 heavy (non-hydrogen) atoms. The average molecular weight is 833 g/mol. The molecule has 5 nitrogen and oxygen atoms in total. The molecule has 0 amide bonds. The van der Waals surface area contributed by atoms with Crippen LogP contribution in [0, 0.1) is 0 Å². The molecule has 0 saturated carbocycles. The number of esters is 2. The van der Waals surface area contributed by atoms with Gasteiger partial charge in [-0.05, 0) is 38.5 Å². The number of ether oxygens (including phenoxy) is 2. The molecule has 0 spiro atoms. The van der Waals surface area contributed by atoms with Crippen LogP contribution in [0.2, 0.25) is 0 Å². The van der Waals surface area contributed by atoms with Crippen molar-refractivity contribution < 1.29 is 24.2 Å². The lowest BCUT2D eigenvalue weighted by Gasteiger charge is -2.15. The zero-order chi connectivity index (χ0) is 42.8. The third kappa shape index (κ3) is 49.2. The van der Waals surface area contributed by atoms with Crippen LogP contribution in [-0.2, 0) is 19.1 Å². The molecule has 1 N–H and O–H groups in total. The van der Waals surface area contributed by atoms with Crippen molar-refractivity contribution in [3.63, 3.8) is 0 Å². The summed E-state index contributed by atoms with van der Waals surface area (Å²) in [6, 6.07) is 0. The second kappa shape index (κ2) is 51.0. The molecule has 0 rings (SSSR count). The Labute approximate surface area is 369 Å². The third-order valence-corrected chi connectivity index (χ3v) is 12.3. The molecule has 0 heterocycles. The molecule has 0 aromatic heterocycles. The summed E-state index contributed by atoms with van der Waals surface area (Å²) in [4.78, 5) is 24.4. The Morgan fingerprint density at radius 1 is 0.373 bits per heavy atom. The fourth-order valence-corrected chi connectivity index (χ4v) is 8.26. The summed E-state index contributed by atoms with van der Waals surface area (Å²) in [7, 11) is 0. The minimum absolute atomic E-state index is 0.0624. The molecule has 0 aromatic rings. The number of aliphatic hydroxyl groups excluding tert-OH is 1. The Hall–Kier alpha value is -1.36. The molecule has 0 aromatic carbocycles. The lowest BCUT2D eigenvalue weighted by Crippen LogP contribution is -2.28. The Balaban J connectivity index is 3.40. The highest BCUT2D eigenvalue weighted by molar-refractivity contribution is 5.70. The summed E-state index contributed by atoms with van der Waals surface area (Å²) < 4.78 is 10.7. The highest BCUT2D eigenvalue weighted by Crippen LogP contribution is 2.17. The molecule has 1 unspecified atom stereocenters. The summed E-state index contributed by atoms with van der Waals surface area (Å²) in [6.45, 7) is 4.18. The zero-order valence-electron chi connectivity index (χ0n) is 40.0. The molecule has 0 aliphatic rings. The predicted octanol–water partition coefficient (Wildman–Crippen LogP) is 17.6. The second-order valence-electron chi connectivity index (χ2n) is 18.3. The van der Waals surface area contributed by atoms with Crippen molar-refractivity contribution in [2.24, 2.45) is 0 Å². The van der Waals surface area contributed by atoms with Gasteiger partial charge in [-0.1, -0.05) is 264 Å². The van der Waals surface area contributed by atoms with Gasteiger partial charge in [0, 0.05) is 12.8 Å². The number of carbonyl (C=O) groups is 2. The lowest BCUT2D eigenvalue weighted by molar-refractivity contribution is -0.161. The number of rotatable bonds is 50. The van der Waals surface area contributed by atoms with Gasteiger partial charge in [0.25, 0.3) is 0 Å². The van der Waals surface area contributed by atoms with Crippen molar-refractivity contribution in [1.82, 2.24) is 0 Å². The molecule has 5 heteroatoms. The SMILES string of the molecule is CCCCCCCCC/C=C\CCCCCCCC(=O)OC(CO)COC(=O)CCCCCCCCCCCCCCCCCCCCCCCCCCCCCCC. The van der Waals surface area contributed by atoms with Crippen molar-refractivity contribution in [2.75, 3.05) is 13.2 Å². The van der Waals surface area contributed by atoms with E-state index in [0.717, 1.165) is 38.5 Å². The highest BCUT2D eigenvalue weighted by atomic mass is 16.6. The predicted molar refractivity (Wildman–Crippen MR) is 256 cm³/mol. The van der Waals surface area contributed by atoms with E-state index in [1.54, 1.807) is 0 Å². The first kappa shape index (κ1) is 57.6. The highest BCUT2D eigenvalue weighted by Gasteiger charge is 2.16. The fraction of sp³-hybridized carbons (Fsp3) is 0.926. The maximum Gasteiger partial charge on any atom is 0.306 e. The monoisotopic (exact) mass is 833 g/mol. The molecule has 0 aliphatic heterocycles. The van der Waals surface area contributed by atoms with Crippen LogP contribution in [-0.4, -0.2) is 36.4 Å². The summed E-state index contributed by atoms with van der Waals surface area (Å²) in [5.41, 5.74) is 0. The van der Waals surface area contributed by atoms with Crippen LogP contribution >= 0.6 is 0 Å². The maximum absolute atomic E-state index is 12.2. The molecular weight excluding hydrogens is 729 g/mol. The first-order valence-electron chi connectivity index (χ1n) is 26.7. The van der Waals surface area contributed by atoms with Gasteiger partial charge in [0.2, 0.25) is 0 Å². The van der Waals surface area contributed by atoms with Crippen molar-refractivity contribution in [3.8, 4) is 0 Å². The van der Waals surface area contributed by atoms with Gasteiger partial charge in [-0.2, -0.15) is 0 Å². The Bertz CT molecular complexity index is 856. The molecular formula is C54H104O5. The minimum atomic E-state index is -0.771. The Kier molecular flexibility index (Phi) is 49.8. The summed E-state index contributed by atoms with van der Waals surface area (Å²) in [5, 5.41) is 9.62. The quantitative estimate of drug-likeness (QED) is 0.0375. The first-order valence-corrected chi connectivity index (χ1v) is 26.7. The van der Waals surface area contributed by atoms with E-state index < -0.39 is 6.10 Å². The second-order valence-corrected chi connectivity index (χ2v) is 18.3. The van der Waals surface area contributed by atoms with E-state index in [4.69, 9.17) is 9.47 Å². The minimum Gasteiger partial charge on any atom is -0.462 e. The summed E-state index contributed by atoms with van der Waals surface area (Å²) >= 11 is 0. The van der Waals surface area contributed by atoms with Gasteiger partial charge in [-0.15, -0.1) is 0 Å².